The smallest absolute Gasteiger partial charge is 0.227 e. The summed E-state index contributed by atoms with van der Waals surface area (Å²) in [6.45, 7) is 1.59. The summed E-state index contributed by atoms with van der Waals surface area (Å²) in [4.78, 5) is 14.4. The van der Waals surface area contributed by atoms with Gasteiger partial charge in [-0.05, 0) is 29.2 Å². The Hall–Kier alpha value is -1.87. The van der Waals surface area contributed by atoms with Crippen LogP contribution in [0.5, 0.6) is 0 Å². The molecule has 1 fully saturated rings. The van der Waals surface area contributed by atoms with Crippen LogP contribution < -0.4 is 5.73 Å². The second-order valence-electron chi connectivity index (χ2n) is 5.53. The molecule has 0 aliphatic carbocycles. The Kier molecular flexibility index (Phi) is 3.70. The predicted molar refractivity (Wildman–Crippen MR) is 81.4 cm³/mol. The first-order chi connectivity index (χ1) is 9.74. The molecule has 1 amide bonds. The summed E-state index contributed by atoms with van der Waals surface area (Å²) < 4.78 is 0. The Labute approximate surface area is 119 Å². The van der Waals surface area contributed by atoms with Gasteiger partial charge in [0.2, 0.25) is 5.91 Å². The van der Waals surface area contributed by atoms with E-state index in [4.69, 9.17) is 5.73 Å². The fourth-order valence-corrected chi connectivity index (χ4v) is 2.87. The number of hydrogen-bond acceptors (Lipinski definition) is 2. The van der Waals surface area contributed by atoms with Crippen molar-refractivity contribution in [2.75, 3.05) is 13.1 Å². The van der Waals surface area contributed by atoms with Crippen LogP contribution in [-0.4, -0.2) is 29.9 Å². The van der Waals surface area contributed by atoms with Gasteiger partial charge in [0, 0.05) is 19.1 Å². The minimum atomic E-state index is 0.216. The molecule has 0 atom stereocenters. The molecule has 1 aliphatic rings. The topological polar surface area (TPSA) is 46.3 Å². The lowest BCUT2D eigenvalue weighted by Gasteiger charge is -2.30. The molecule has 2 aromatic rings. The monoisotopic (exact) mass is 268 g/mol. The first-order valence-electron chi connectivity index (χ1n) is 7.24. The standard InChI is InChI=1S/C17H20N2O/c18-15-8-10-19(11-9-15)17(20)12-14-6-3-5-13-4-1-2-7-16(13)14/h1-7,15H,8-12,18H2. The molecule has 20 heavy (non-hydrogen) atoms. The number of rotatable bonds is 2. The number of benzene rings is 2. The van der Waals surface area contributed by atoms with Crippen molar-refractivity contribution in [1.29, 1.82) is 0 Å². The molecule has 0 radical (unpaired) electrons. The summed E-state index contributed by atoms with van der Waals surface area (Å²) >= 11 is 0. The summed E-state index contributed by atoms with van der Waals surface area (Å²) in [6, 6.07) is 14.6. The van der Waals surface area contributed by atoms with E-state index < -0.39 is 0 Å². The number of carbonyl (C=O) groups is 1. The van der Waals surface area contributed by atoms with Crippen LogP contribution in [0.2, 0.25) is 0 Å². The lowest BCUT2D eigenvalue weighted by Crippen LogP contribution is -2.43. The van der Waals surface area contributed by atoms with Gasteiger partial charge in [0.1, 0.15) is 0 Å². The van der Waals surface area contributed by atoms with Gasteiger partial charge in [-0.1, -0.05) is 42.5 Å². The summed E-state index contributed by atoms with van der Waals surface area (Å²) in [6.07, 6.45) is 2.32. The van der Waals surface area contributed by atoms with Crippen LogP contribution in [0.3, 0.4) is 0 Å². The third kappa shape index (κ3) is 2.68. The molecule has 3 rings (SSSR count). The minimum absolute atomic E-state index is 0.216. The van der Waals surface area contributed by atoms with Gasteiger partial charge in [0.05, 0.1) is 6.42 Å². The Morgan fingerprint density at radius 3 is 2.60 bits per heavy atom. The molecule has 3 heteroatoms. The van der Waals surface area contributed by atoms with Crippen molar-refractivity contribution >= 4 is 16.7 Å². The molecule has 0 bridgehead atoms. The van der Waals surface area contributed by atoms with E-state index in [9.17, 15) is 4.79 Å². The first kappa shape index (κ1) is 13.1. The zero-order valence-corrected chi connectivity index (χ0v) is 11.6. The zero-order valence-electron chi connectivity index (χ0n) is 11.6. The summed E-state index contributed by atoms with van der Waals surface area (Å²) in [5.74, 6) is 0.216. The van der Waals surface area contributed by atoms with Crippen molar-refractivity contribution in [3.05, 3.63) is 48.0 Å². The number of fused-ring (bicyclic) bond motifs is 1. The average Bonchev–Trinajstić information content (AvgIpc) is 2.48. The molecule has 0 saturated carbocycles. The van der Waals surface area contributed by atoms with E-state index in [0.29, 0.717) is 6.42 Å². The van der Waals surface area contributed by atoms with Gasteiger partial charge in [-0.2, -0.15) is 0 Å². The average molecular weight is 268 g/mol. The van der Waals surface area contributed by atoms with E-state index >= 15 is 0 Å². The maximum atomic E-state index is 12.4. The number of likely N-dealkylation sites (tertiary alicyclic amines) is 1. The number of amides is 1. The van der Waals surface area contributed by atoms with Gasteiger partial charge in [0.25, 0.3) is 0 Å². The third-order valence-corrected chi connectivity index (χ3v) is 4.11. The lowest BCUT2D eigenvalue weighted by molar-refractivity contribution is -0.131. The molecule has 2 N–H and O–H groups in total. The van der Waals surface area contributed by atoms with E-state index in [1.54, 1.807) is 0 Å². The number of nitrogens with zero attached hydrogens (tertiary/aromatic N) is 1. The first-order valence-corrected chi connectivity index (χ1v) is 7.24. The molecular weight excluding hydrogens is 248 g/mol. The maximum absolute atomic E-state index is 12.4. The van der Waals surface area contributed by atoms with Crippen LogP contribution >= 0.6 is 0 Å². The van der Waals surface area contributed by atoms with Crippen molar-refractivity contribution in [1.82, 2.24) is 4.90 Å². The number of nitrogens with two attached hydrogens (primary N) is 1. The predicted octanol–water partition coefficient (Wildman–Crippen LogP) is 2.33. The molecule has 1 heterocycles. The summed E-state index contributed by atoms with van der Waals surface area (Å²) in [7, 11) is 0. The quantitative estimate of drug-likeness (QED) is 0.908. The fraction of sp³-hybridized carbons (Fsp3) is 0.353. The van der Waals surface area contributed by atoms with Crippen LogP contribution in [0, 0.1) is 0 Å². The number of hydrogen-bond donors (Lipinski definition) is 1. The highest BCUT2D eigenvalue weighted by molar-refractivity contribution is 5.90. The molecule has 1 saturated heterocycles. The van der Waals surface area contributed by atoms with Gasteiger partial charge >= 0.3 is 0 Å². The molecule has 0 unspecified atom stereocenters. The minimum Gasteiger partial charge on any atom is -0.342 e. The Morgan fingerprint density at radius 2 is 1.80 bits per heavy atom. The normalized spacial score (nSPS) is 16.6. The van der Waals surface area contributed by atoms with Gasteiger partial charge in [-0.25, -0.2) is 0 Å². The Bertz CT molecular complexity index is 610. The SMILES string of the molecule is NC1CCN(C(=O)Cc2cccc3ccccc23)CC1. The molecule has 0 aromatic heterocycles. The van der Waals surface area contributed by atoms with Crippen molar-refractivity contribution in [3.63, 3.8) is 0 Å². The number of piperidine rings is 1. The molecule has 1 aliphatic heterocycles. The second kappa shape index (κ2) is 5.63. The van der Waals surface area contributed by atoms with Crippen LogP contribution in [0.4, 0.5) is 0 Å². The van der Waals surface area contributed by atoms with Crippen LogP contribution in [0.1, 0.15) is 18.4 Å². The molecule has 104 valence electrons. The maximum Gasteiger partial charge on any atom is 0.227 e. The van der Waals surface area contributed by atoms with E-state index in [0.717, 1.165) is 31.5 Å². The third-order valence-electron chi connectivity index (χ3n) is 4.11. The molecule has 3 nitrogen and oxygen atoms in total. The van der Waals surface area contributed by atoms with Crippen LogP contribution in [-0.2, 0) is 11.2 Å². The van der Waals surface area contributed by atoms with E-state index in [2.05, 4.69) is 24.3 Å². The van der Waals surface area contributed by atoms with Gasteiger partial charge in [0.15, 0.2) is 0 Å². The van der Waals surface area contributed by atoms with Crippen LogP contribution in [0.25, 0.3) is 10.8 Å². The van der Waals surface area contributed by atoms with Crippen molar-refractivity contribution in [2.45, 2.75) is 25.3 Å². The summed E-state index contributed by atoms with van der Waals surface area (Å²) in [5.41, 5.74) is 7.00. The molecule has 2 aromatic carbocycles. The van der Waals surface area contributed by atoms with Gasteiger partial charge in [-0.15, -0.1) is 0 Å². The van der Waals surface area contributed by atoms with E-state index in [1.807, 2.05) is 23.1 Å². The van der Waals surface area contributed by atoms with Gasteiger partial charge < -0.3 is 10.6 Å². The van der Waals surface area contributed by atoms with Crippen molar-refractivity contribution in [3.8, 4) is 0 Å². The highest BCUT2D eigenvalue weighted by Crippen LogP contribution is 2.20. The Morgan fingerprint density at radius 1 is 1.10 bits per heavy atom. The van der Waals surface area contributed by atoms with Crippen molar-refractivity contribution in [2.24, 2.45) is 5.73 Å². The Balaban J connectivity index is 1.77. The van der Waals surface area contributed by atoms with Crippen molar-refractivity contribution < 1.29 is 4.79 Å². The highest BCUT2D eigenvalue weighted by atomic mass is 16.2. The van der Waals surface area contributed by atoms with Crippen LogP contribution in [0.15, 0.2) is 42.5 Å². The largest absolute Gasteiger partial charge is 0.342 e. The summed E-state index contributed by atoms with van der Waals surface area (Å²) in [5, 5.41) is 2.37. The molecular formula is C17H20N2O. The fourth-order valence-electron chi connectivity index (χ4n) is 2.87. The highest BCUT2D eigenvalue weighted by Gasteiger charge is 2.20. The second-order valence-corrected chi connectivity index (χ2v) is 5.53. The van der Waals surface area contributed by atoms with E-state index in [1.165, 1.54) is 10.8 Å². The van der Waals surface area contributed by atoms with E-state index in [-0.39, 0.29) is 11.9 Å². The zero-order chi connectivity index (χ0) is 13.9. The van der Waals surface area contributed by atoms with Gasteiger partial charge in [-0.3, -0.25) is 4.79 Å². The molecule has 0 spiro atoms. The number of carbonyl (C=O) groups excluding carboxylic acids is 1. The lowest BCUT2D eigenvalue weighted by atomic mass is 10.0.